The number of carbonyl (C=O) groups is 1. The fourth-order valence-corrected chi connectivity index (χ4v) is 2.03. The van der Waals surface area contributed by atoms with Gasteiger partial charge in [0.25, 0.3) is 0 Å². The molecular weight excluding hydrogens is 164 g/mol. The van der Waals surface area contributed by atoms with E-state index >= 15 is 0 Å². The van der Waals surface area contributed by atoms with Gasteiger partial charge in [-0.3, -0.25) is 4.79 Å². The van der Waals surface area contributed by atoms with Crippen LogP contribution in [0.1, 0.15) is 39.0 Å². The van der Waals surface area contributed by atoms with Gasteiger partial charge in [-0.15, -0.1) is 6.58 Å². The highest BCUT2D eigenvalue weighted by Crippen LogP contribution is 2.42. The molecule has 0 saturated heterocycles. The maximum absolute atomic E-state index is 11.3. The molecule has 1 aliphatic rings. The average molecular weight is 182 g/mol. The maximum atomic E-state index is 11.3. The van der Waals surface area contributed by atoms with Crippen molar-refractivity contribution in [1.82, 2.24) is 0 Å². The highest BCUT2D eigenvalue weighted by molar-refractivity contribution is 5.70. The summed E-state index contributed by atoms with van der Waals surface area (Å²) in [6.07, 6.45) is 7.07. The standard InChI is InChI=1S/C11H18O2/c1-3-11(7-5-6-8-11)9-10(12)13-4-2/h3H,1,4-9H2,2H3. The van der Waals surface area contributed by atoms with E-state index in [1.807, 2.05) is 13.0 Å². The molecule has 1 rings (SSSR count). The lowest BCUT2D eigenvalue weighted by atomic mass is 9.83. The fraction of sp³-hybridized carbons (Fsp3) is 0.727. The quantitative estimate of drug-likeness (QED) is 0.493. The lowest BCUT2D eigenvalue weighted by Gasteiger charge is -2.22. The first-order valence-corrected chi connectivity index (χ1v) is 5.02. The number of allylic oxidation sites excluding steroid dienone is 1. The molecule has 0 spiro atoms. The summed E-state index contributed by atoms with van der Waals surface area (Å²) < 4.78 is 4.94. The highest BCUT2D eigenvalue weighted by atomic mass is 16.5. The van der Waals surface area contributed by atoms with Crippen LogP contribution in [0, 0.1) is 5.41 Å². The number of ether oxygens (including phenoxy) is 1. The molecule has 1 aliphatic carbocycles. The van der Waals surface area contributed by atoms with Crippen LogP contribution < -0.4 is 0 Å². The van der Waals surface area contributed by atoms with Crippen molar-refractivity contribution in [2.45, 2.75) is 39.0 Å². The predicted molar refractivity (Wildman–Crippen MR) is 52.3 cm³/mol. The normalized spacial score (nSPS) is 19.8. The lowest BCUT2D eigenvalue weighted by molar-refractivity contribution is -0.145. The number of carbonyl (C=O) groups excluding carboxylic acids is 1. The maximum Gasteiger partial charge on any atom is 0.306 e. The van der Waals surface area contributed by atoms with Crippen LogP contribution in [0.3, 0.4) is 0 Å². The molecule has 0 unspecified atom stereocenters. The number of esters is 1. The second-order valence-electron chi connectivity index (χ2n) is 3.76. The van der Waals surface area contributed by atoms with Crippen LogP contribution in [0.5, 0.6) is 0 Å². The first-order valence-electron chi connectivity index (χ1n) is 5.02. The first kappa shape index (κ1) is 10.3. The molecule has 74 valence electrons. The minimum atomic E-state index is -0.0794. The van der Waals surface area contributed by atoms with Crippen molar-refractivity contribution in [2.24, 2.45) is 5.41 Å². The van der Waals surface area contributed by atoms with Crippen LogP contribution in [0.25, 0.3) is 0 Å². The zero-order valence-electron chi connectivity index (χ0n) is 8.34. The van der Waals surface area contributed by atoms with Gasteiger partial charge in [-0.2, -0.15) is 0 Å². The summed E-state index contributed by atoms with van der Waals surface area (Å²) in [5.74, 6) is -0.0794. The molecule has 0 amide bonds. The Hall–Kier alpha value is -0.790. The van der Waals surface area contributed by atoms with Crippen molar-refractivity contribution >= 4 is 5.97 Å². The third-order valence-corrected chi connectivity index (χ3v) is 2.83. The Kier molecular flexibility index (Phi) is 3.52. The van der Waals surface area contributed by atoms with Crippen LogP contribution in [0.15, 0.2) is 12.7 Å². The van der Waals surface area contributed by atoms with Crippen LogP contribution in [-0.2, 0) is 9.53 Å². The number of rotatable bonds is 4. The van der Waals surface area contributed by atoms with Crippen LogP contribution in [0.2, 0.25) is 0 Å². The molecule has 0 heterocycles. The Morgan fingerprint density at radius 1 is 1.54 bits per heavy atom. The van der Waals surface area contributed by atoms with E-state index in [-0.39, 0.29) is 11.4 Å². The van der Waals surface area contributed by atoms with Gasteiger partial charge in [-0.25, -0.2) is 0 Å². The lowest BCUT2D eigenvalue weighted by Crippen LogP contribution is -2.19. The van der Waals surface area contributed by atoms with Crippen molar-refractivity contribution < 1.29 is 9.53 Å². The predicted octanol–water partition coefficient (Wildman–Crippen LogP) is 2.69. The van der Waals surface area contributed by atoms with E-state index in [4.69, 9.17) is 4.74 Å². The molecule has 1 fully saturated rings. The van der Waals surface area contributed by atoms with Crippen LogP contribution >= 0.6 is 0 Å². The molecule has 0 atom stereocenters. The monoisotopic (exact) mass is 182 g/mol. The average Bonchev–Trinajstić information content (AvgIpc) is 2.54. The molecular formula is C11H18O2. The molecule has 0 bridgehead atoms. The zero-order chi connectivity index (χ0) is 9.73. The third kappa shape index (κ3) is 2.58. The molecule has 2 nitrogen and oxygen atoms in total. The van der Waals surface area contributed by atoms with Gasteiger partial charge in [-0.05, 0) is 25.2 Å². The van der Waals surface area contributed by atoms with Crippen molar-refractivity contribution in [2.75, 3.05) is 6.61 Å². The highest BCUT2D eigenvalue weighted by Gasteiger charge is 2.33. The van der Waals surface area contributed by atoms with Crippen molar-refractivity contribution in [3.63, 3.8) is 0 Å². The SMILES string of the molecule is C=CC1(CC(=O)OCC)CCCC1. The molecule has 0 aliphatic heterocycles. The third-order valence-electron chi connectivity index (χ3n) is 2.83. The number of hydrogen-bond donors (Lipinski definition) is 0. The van der Waals surface area contributed by atoms with Gasteiger partial charge in [0.05, 0.1) is 13.0 Å². The molecule has 0 aromatic carbocycles. The first-order chi connectivity index (χ1) is 6.22. The van der Waals surface area contributed by atoms with Crippen LogP contribution in [0.4, 0.5) is 0 Å². The summed E-state index contributed by atoms with van der Waals surface area (Å²) in [6, 6.07) is 0. The minimum Gasteiger partial charge on any atom is -0.466 e. The van der Waals surface area contributed by atoms with Gasteiger partial charge < -0.3 is 4.74 Å². The van der Waals surface area contributed by atoms with E-state index < -0.39 is 0 Å². The molecule has 0 N–H and O–H groups in total. The summed E-state index contributed by atoms with van der Waals surface area (Å²) >= 11 is 0. The fourth-order valence-electron chi connectivity index (χ4n) is 2.03. The van der Waals surface area contributed by atoms with E-state index in [0.717, 1.165) is 12.8 Å². The Balaban J connectivity index is 2.48. The van der Waals surface area contributed by atoms with Gasteiger partial charge in [0, 0.05) is 0 Å². The topological polar surface area (TPSA) is 26.3 Å². The number of hydrogen-bond acceptors (Lipinski definition) is 2. The second-order valence-corrected chi connectivity index (χ2v) is 3.76. The van der Waals surface area contributed by atoms with Gasteiger partial charge >= 0.3 is 5.97 Å². The van der Waals surface area contributed by atoms with Gasteiger partial charge in [0.1, 0.15) is 0 Å². The Morgan fingerprint density at radius 2 is 2.15 bits per heavy atom. The summed E-state index contributed by atoms with van der Waals surface area (Å²) in [7, 11) is 0. The summed E-state index contributed by atoms with van der Waals surface area (Å²) in [6.45, 7) is 6.14. The second kappa shape index (κ2) is 4.45. The van der Waals surface area contributed by atoms with Crippen LogP contribution in [-0.4, -0.2) is 12.6 Å². The molecule has 0 aromatic heterocycles. The summed E-state index contributed by atoms with van der Waals surface area (Å²) in [5, 5.41) is 0. The minimum absolute atomic E-state index is 0.0479. The smallest absolute Gasteiger partial charge is 0.306 e. The Morgan fingerprint density at radius 3 is 2.62 bits per heavy atom. The summed E-state index contributed by atoms with van der Waals surface area (Å²) in [5.41, 5.74) is 0.0479. The van der Waals surface area contributed by atoms with E-state index in [9.17, 15) is 4.79 Å². The molecule has 13 heavy (non-hydrogen) atoms. The molecule has 0 aromatic rings. The Bertz CT molecular complexity index is 190. The van der Waals surface area contributed by atoms with E-state index in [1.54, 1.807) is 0 Å². The van der Waals surface area contributed by atoms with E-state index in [0.29, 0.717) is 13.0 Å². The zero-order valence-corrected chi connectivity index (χ0v) is 8.34. The summed E-state index contributed by atoms with van der Waals surface area (Å²) in [4.78, 5) is 11.3. The van der Waals surface area contributed by atoms with Crippen molar-refractivity contribution in [1.29, 1.82) is 0 Å². The van der Waals surface area contributed by atoms with Gasteiger partial charge in [-0.1, -0.05) is 18.9 Å². The van der Waals surface area contributed by atoms with Crippen molar-refractivity contribution in [3.8, 4) is 0 Å². The largest absolute Gasteiger partial charge is 0.466 e. The molecule has 2 heteroatoms. The van der Waals surface area contributed by atoms with Gasteiger partial charge in [0.2, 0.25) is 0 Å². The van der Waals surface area contributed by atoms with Crippen molar-refractivity contribution in [3.05, 3.63) is 12.7 Å². The molecule has 1 saturated carbocycles. The molecule has 0 radical (unpaired) electrons. The van der Waals surface area contributed by atoms with E-state index in [1.165, 1.54) is 12.8 Å². The Labute approximate surface area is 80.0 Å². The van der Waals surface area contributed by atoms with E-state index in [2.05, 4.69) is 6.58 Å². The van der Waals surface area contributed by atoms with Gasteiger partial charge in [0.15, 0.2) is 0 Å².